The van der Waals surface area contributed by atoms with Crippen molar-refractivity contribution >= 4 is 40.4 Å². The Kier molecular flexibility index (Phi) is 8.57. The fourth-order valence-corrected chi connectivity index (χ4v) is 6.39. The molecule has 2 aliphatic rings. The number of hydrogen-bond donors (Lipinski definition) is 0. The molecule has 2 saturated heterocycles. The van der Waals surface area contributed by atoms with Crippen LogP contribution in [0.5, 0.6) is 11.5 Å². The number of amides is 2. The molecule has 0 bridgehead atoms. The SMILES string of the molecule is COc1ccc(N2CCN(C(=O)c3csc(C4CCN(C(=O)Cc5ccccc5Cl)CC4)n3)CC2)c(OC)c1. The maximum atomic E-state index is 13.2. The van der Waals surface area contributed by atoms with Gasteiger partial charge in [0, 0.05) is 61.7 Å². The molecule has 3 heterocycles. The maximum absolute atomic E-state index is 13.2. The number of carbonyl (C=O) groups is 2. The largest absolute Gasteiger partial charge is 0.497 e. The third-order valence-corrected chi connectivity index (χ3v) is 8.91. The summed E-state index contributed by atoms with van der Waals surface area (Å²) in [5.74, 6) is 1.85. The van der Waals surface area contributed by atoms with Gasteiger partial charge in [-0.05, 0) is 36.6 Å². The van der Waals surface area contributed by atoms with Crippen molar-refractivity contribution < 1.29 is 19.1 Å². The number of aromatic nitrogens is 1. The van der Waals surface area contributed by atoms with Crippen LogP contribution in [-0.4, -0.2) is 80.1 Å². The molecule has 2 aliphatic heterocycles. The molecule has 5 rings (SSSR count). The minimum absolute atomic E-state index is 0.0220. The lowest BCUT2D eigenvalue weighted by atomic mass is 9.97. The molecular formula is C29H33ClN4O4S. The predicted molar refractivity (Wildman–Crippen MR) is 153 cm³/mol. The molecular weight excluding hydrogens is 536 g/mol. The highest BCUT2D eigenvalue weighted by molar-refractivity contribution is 7.09. The van der Waals surface area contributed by atoms with Crippen LogP contribution in [0.4, 0.5) is 5.69 Å². The van der Waals surface area contributed by atoms with E-state index in [-0.39, 0.29) is 17.7 Å². The van der Waals surface area contributed by atoms with Gasteiger partial charge in [0.05, 0.1) is 31.3 Å². The van der Waals surface area contributed by atoms with E-state index in [9.17, 15) is 9.59 Å². The minimum atomic E-state index is -0.0220. The summed E-state index contributed by atoms with van der Waals surface area (Å²) in [6.07, 6.45) is 2.01. The Morgan fingerprint density at radius 3 is 2.41 bits per heavy atom. The standard InChI is InChI=1S/C29H33ClN4O4S/c1-37-22-7-8-25(26(18-22)38-2)32-13-15-34(16-14-32)29(36)24-19-39-28(31-24)20-9-11-33(12-10-20)27(35)17-21-5-3-4-6-23(21)30/h3-8,18-20H,9-17H2,1-2H3. The highest BCUT2D eigenvalue weighted by Gasteiger charge is 2.29. The highest BCUT2D eigenvalue weighted by Crippen LogP contribution is 2.34. The molecule has 0 unspecified atom stereocenters. The number of hydrogen-bond acceptors (Lipinski definition) is 7. The third-order valence-electron chi connectivity index (χ3n) is 7.53. The van der Waals surface area contributed by atoms with Crippen LogP contribution in [0.3, 0.4) is 0 Å². The molecule has 0 radical (unpaired) electrons. The molecule has 0 spiro atoms. The van der Waals surface area contributed by atoms with Crippen LogP contribution in [0.15, 0.2) is 47.8 Å². The van der Waals surface area contributed by atoms with Gasteiger partial charge in [-0.3, -0.25) is 9.59 Å². The normalized spacial score (nSPS) is 16.3. The number of methoxy groups -OCH3 is 2. The van der Waals surface area contributed by atoms with E-state index in [4.69, 9.17) is 26.1 Å². The number of piperidine rings is 1. The summed E-state index contributed by atoms with van der Waals surface area (Å²) in [7, 11) is 3.29. The van der Waals surface area contributed by atoms with E-state index in [1.54, 1.807) is 25.6 Å². The number of piperazine rings is 1. The Morgan fingerprint density at radius 2 is 1.72 bits per heavy atom. The molecule has 10 heteroatoms. The van der Waals surface area contributed by atoms with Gasteiger partial charge in [0.1, 0.15) is 17.2 Å². The Balaban J connectivity index is 1.13. The topological polar surface area (TPSA) is 75.2 Å². The van der Waals surface area contributed by atoms with E-state index in [0.29, 0.717) is 56.4 Å². The number of nitrogens with zero attached hydrogens (tertiary/aromatic N) is 4. The van der Waals surface area contributed by atoms with Crippen molar-refractivity contribution in [3.05, 3.63) is 69.1 Å². The molecule has 8 nitrogen and oxygen atoms in total. The van der Waals surface area contributed by atoms with Crippen molar-refractivity contribution in [3.8, 4) is 11.5 Å². The van der Waals surface area contributed by atoms with Gasteiger partial charge in [-0.2, -0.15) is 0 Å². The lowest BCUT2D eigenvalue weighted by molar-refractivity contribution is -0.131. The van der Waals surface area contributed by atoms with Gasteiger partial charge in [-0.1, -0.05) is 29.8 Å². The third kappa shape index (κ3) is 6.15. The van der Waals surface area contributed by atoms with Gasteiger partial charge in [0.2, 0.25) is 5.91 Å². The number of likely N-dealkylation sites (tertiary alicyclic amines) is 1. The van der Waals surface area contributed by atoms with Gasteiger partial charge in [-0.15, -0.1) is 11.3 Å². The predicted octanol–water partition coefficient (Wildman–Crippen LogP) is 4.72. The number of carbonyl (C=O) groups excluding carboxylic acids is 2. The van der Waals surface area contributed by atoms with E-state index in [1.165, 1.54) is 0 Å². The van der Waals surface area contributed by atoms with Crippen LogP contribution >= 0.6 is 22.9 Å². The molecule has 0 atom stereocenters. The molecule has 2 aromatic carbocycles. The summed E-state index contributed by atoms with van der Waals surface area (Å²) in [5.41, 5.74) is 2.37. The summed E-state index contributed by atoms with van der Waals surface area (Å²) in [6.45, 7) is 4.04. The summed E-state index contributed by atoms with van der Waals surface area (Å²) < 4.78 is 10.9. The summed E-state index contributed by atoms with van der Waals surface area (Å²) >= 11 is 7.78. The van der Waals surface area contributed by atoms with E-state index < -0.39 is 0 Å². The molecule has 1 aromatic heterocycles. The maximum Gasteiger partial charge on any atom is 0.273 e. The van der Waals surface area contributed by atoms with Crippen molar-refractivity contribution in [2.75, 3.05) is 58.4 Å². The molecule has 0 saturated carbocycles. The number of rotatable bonds is 7. The smallest absolute Gasteiger partial charge is 0.273 e. The minimum Gasteiger partial charge on any atom is -0.497 e. The molecule has 39 heavy (non-hydrogen) atoms. The van der Waals surface area contributed by atoms with Crippen LogP contribution in [0.2, 0.25) is 5.02 Å². The number of benzene rings is 2. The first-order valence-corrected chi connectivity index (χ1v) is 14.5. The first-order chi connectivity index (χ1) is 19.0. The summed E-state index contributed by atoms with van der Waals surface area (Å²) in [5, 5.41) is 3.49. The zero-order valence-electron chi connectivity index (χ0n) is 22.3. The van der Waals surface area contributed by atoms with Crippen molar-refractivity contribution in [1.29, 1.82) is 0 Å². The zero-order valence-corrected chi connectivity index (χ0v) is 23.8. The van der Waals surface area contributed by atoms with E-state index in [0.717, 1.165) is 40.6 Å². The second-order valence-corrected chi connectivity index (χ2v) is 11.1. The quantitative estimate of drug-likeness (QED) is 0.410. The van der Waals surface area contributed by atoms with Gasteiger partial charge < -0.3 is 24.2 Å². The van der Waals surface area contributed by atoms with Crippen LogP contribution < -0.4 is 14.4 Å². The van der Waals surface area contributed by atoms with Gasteiger partial charge in [-0.25, -0.2) is 4.98 Å². The molecule has 2 fully saturated rings. The average molecular weight is 569 g/mol. The van der Waals surface area contributed by atoms with Crippen molar-refractivity contribution in [1.82, 2.24) is 14.8 Å². The van der Waals surface area contributed by atoms with Gasteiger partial charge in [0.25, 0.3) is 5.91 Å². The Morgan fingerprint density at radius 1 is 0.974 bits per heavy atom. The van der Waals surface area contributed by atoms with Crippen LogP contribution in [0.25, 0.3) is 0 Å². The van der Waals surface area contributed by atoms with Crippen LogP contribution in [0.1, 0.15) is 39.8 Å². The highest BCUT2D eigenvalue weighted by atomic mass is 35.5. The lowest BCUT2D eigenvalue weighted by Crippen LogP contribution is -2.49. The van der Waals surface area contributed by atoms with Crippen molar-refractivity contribution in [2.45, 2.75) is 25.2 Å². The Hall–Kier alpha value is -3.30. The van der Waals surface area contributed by atoms with E-state index in [2.05, 4.69) is 4.90 Å². The van der Waals surface area contributed by atoms with Gasteiger partial charge >= 0.3 is 0 Å². The van der Waals surface area contributed by atoms with Crippen LogP contribution in [0, 0.1) is 0 Å². The second-order valence-electron chi connectivity index (χ2n) is 9.81. The molecule has 2 amide bonds. The number of halogens is 1. The van der Waals surface area contributed by atoms with E-state index >= 15 is 0 Å². The number of thiazole rings is 1. The van der Waals surface area contributed by atoms with Crippen molar-refractivity contribution in [3.63, 3.8) is 0 Å². The first kappa shape index (κ1) is 27.3. The summed E-state index contributed by atoms with van der Waals surface area (Å²) in [4.78, 5) is 36.8. The van der Waals surface area contributed by atoms with E-state index in [1.807, 2.05) is 57.6 Å². The molecule has 206 valence electrons. The zero-order chi connectivity index (χ0) is 27.4. The average Bonchev–Trinajstić information content (AvgIpc) is 3.48. The number of ether oxygens (including phenoxy) is 2. The monoisotopic (exact) mass is 568 g/mol. The Bertz CT molecular complexity index is 1320. The van der Waals surface area contributed by atoms with Gasteiger partial charge in [0.15, 0.2) is 0 Å². The molecule has 3 aromatic rings. The summed E-state index contributed by atoms with van der Waals surface area (Å²) in [6, 6.07) is 13.3. The molecule has 0 N–H and O–H groups in total. The molecule has 0 aliphatic carbocycles. The van der Waals surface area contributed by atoms with Crippen LogP contribution in [-0.2, 0) is 11.2 Å². The fourth-order valence-electron chi connectivity index (χ4n) is 5.22. The second kappa shape index (κ2) is 12.3. The Labute approximate surface area is 238 Å². The lowest BCUT2D eigenvalue weighted by Gasteiger charge is -2.36. The van der Waals surface area contributed by atoms with Crippen molar-refractivity contribution in [2.24, 2.45) is 0 Å². The number of anilines is 1. The first-order valence-electron chi connectivity index (χ1n) is 13.2. The fraction of sp³-hybridized carbons (Fsp3) is 0.414.